The van der Waals surface area contributed by atoms with Crippen LogP contribution in [0.4, 0.5) is 5.82 Å². The average Bonchev–Trinajstić information content (AvgIpc) is 2.93. The van der Waals surface area contributed by atoms with Crippen LogP contribution in [-0.2, 0) is 6.42 Å². The summed E-state index contributed by atoms with van der Waals surface area (Å²) in [5, 5.41) is 12.3. The zero-order valence-corrected chi connectivity index (χ0v) is 13.0. The lowest BCUT2D eigenvalue weighted by atomic mass is 9.96. The van der Waals surface area contributed by atoms with Crippen molar-refractivity contribution in [2.24, 2.45) is 0 Å². The fourth-order valence-corrected chi connectivity index (χ4v) is 3.04. The van der Waals surface area contributed by atoms with Gasteiger partial charge in [-0.3, -0.25) is 4.98 Å². The Kier molecular flexibility index (Phi) is 3.86. The Bertz CT molecular complexity index is 651. The molecule has 110 valence electrons. The summed E-state index contributed by atoms with van der Waals surface area (Å²) in [6.07, 6.45) is 5.14. The first kappa shape index (κ1) is 14.0. The first-order chi connectivity index (χ1) is 10.2. The topological polar surface area (TPSA) is 50.7 Å². The maximum Gasteiger partial charge on any atom is 0.151 e. The van der Waals surface area contributed by atoms with Gasteiger partial charge < -0.3 is 5.32 Å². The van der Waals surface area contributed by atoms with E-state index in [1.165, 1.54) is 22.4 Å². The first-order valence-electron chi connectivity index (χ1n) is 7.73. The summed E-state index contributed by atoms with van der Waals surface area (Å²) < 4.78 is 0. The predicted octanol–water partition coefficient (Wildman–Crippen LogP) is 3.39. The molecule has 2 aromatic rings. The molecule has 2 aromatic heterocycles. The van der Waals surface area contributed by atoms with Crippen molar-refractivity contribution in [3.05, 3.63) is 46.4 Å². The van der Waals surface area contributed by atoms with Crippen molar-refractivity contribution in [1.29, 1.82) is 0 Å². The highest BCUT2D eigenvalue weighted by Gasteiger charge is 2.28. The van der Waals surface area contributed by atoms with E-state index in [1.54, 1.807) is 0 Å². The molecule has 1 N–H and O–H groups in total. The number of hydrogen-bond donors (Lipinski definition) is 1. The largest absolute Gasteiger partial charge is 0.368 e. The SMILES string of the molecule is CCCNc1nnc(C2CCc3cccnc32)c(C)c1C. The smallest absolute Gasteiger partial charge is 0.151 e. The number of nitrogens with one attached hydrogen (secondary N) is 1. The molecule has 21 heavy (non-hydrogen) atoms. The Hall–Kier alpha value is -1.97. The first-order valence-corrected chi connectivity index (χ1v) is 7.73. The number of rotatable bonds is 4. The van der Waals surface area contributed by atoms with Crippen LogP contribution < -0.4 is 5.32 Å². The molecular weight excluding hydrogens is 260 g/mol. The third-order valence-corrected chi connectivity index (χ3v) is 4.39. The van der Waals surface area contributed by atoms with Crippen LogP contribution in [-0.4, -0.2) is 21.7 Å². The highest BCUT2D eigenvalue weighted by Crippen LogP contribution is 2.37. The summed E-state index contributed by atoms with van der Waals surface area (Å²) in [6.45, 7) is 7.36. The third-order valence-electron chi connectivity index (χ3n) is 4.39. The van der Waals surface area contributed by atoms with Gasteiger partial charge >= 0.3 is 0 Å². The van der Waals surface area contributed by atoms with Gasteiger partial charge in [-0.25, -0.2) is 0 Å². The van der Waals surface area contributed by atoms with Gasteiger partial charge in [-0.05, 0) is 55.9 Å². The quantitative estimate of drug-likeness (QED) is 0.934. The summed E-state index contributed by atoms with van der Waals surface area (Å²) in [7, 11) is 0. The molecule has 0 bridgehead atoms. The molecule has 1 aliphatic rings. The maximum atomic E-state index is 4.58. The van der Waals surface area contributed by atoms with E-state index < -0.39 is 0 Å². The Morgan fingerprint density at radius 3 is 2.86 bits per heavy atom. The number of nitrogens with zero attached hydrogens (tertiary/aromatic N) is 3. The van der Waals surface area contributed by atoms with Gasteiger partial charge in [-0.15, -0.1) is 5.10 Å². The van der Waals surface area contributed by atoms with Crippen LogP contribution in [0.15, 0.2) is 18.3 Å². The molecule has 0 saturated heterocycles. The fraction of sp³-hybridized carbons (Fsp3) is 0.471. The zero-order chi connectivity index (χ0) is 14.8. The van der Waals surface area contributed by atoms with Crippen LogP contribution >= 0.6 is 0 Å². The monoisotopic (exact) mass is 282 g/mol. The summed E-state index contributed by atoms with van der Waals surface area (Å²) >= 11 is 0. The molecule has 0 spiro atoms. The van der Waals surface area contributed by atoms with Crippen molar-refractivity contribution in [2.45, 2.75) is 46.0 Å². The van der Waals surface area contributed by atoms with Crippen LogP contribution in [0.25, 0.3) is 0 Å². The summed E-state index contributed by atoms with van der Waals surface area (Å²) in [6, 6.07) is 4.19. The van der Waals surface area contributed by atoms with Gasteiger partial charge in [0.05, 0.1) is 11.4 Å². The second-order valence-corrected chi connectivity index (χ2v) is 5.75. The minimum atomic E-state index is 0.299. The lowest BCUT2D eigenvalue weighted by Gasteiger charge is -2.16. The average molecular weight is 282 g/mol. The third kappa shape index (κ3) is 2.50. The van der Waals surface area contributed by atoms with Crippen molar-refractivity contribution in [3.8, 4) is 0 Å². The molecule has 1 atom stereocenters. The molecule has 4 nitrogen and oxygen atoms in total. The van der Waals surface area contributed by atoms with Gasteiger partial charge in [-0.1, -0.05) is 13.0 Å². The van der Waals surface area contributed by atoms with E-state index in [2.05, 4.69) is 47.3 Å². The van der Waals surface area contributed by atoms with Crippen LogP contribution in [0.1, 0.15) is 53.8 Å². The Labute approximate surface area is 126 Å². The van der Waals surface area contributed by atoms with Gasteiger partial charge in [0.25, 0.3) is 0 Å². The van der Waals surface area contributed by atoms with Crippen molar-refractivity contribution in [1.82, 2.24) is 15.2 Å². The van der Waals surface area contributed by atoms with E-state index >= 15 is 0 Å². The lowest BCUT2D eigenvalue weighted by Crippen LogP contribution is -2.11. The molecule has 0 saturated carbocycles. The molecule has 0 aliphatic heterocycles. The van der Waals surface area contributed by atoms with Gasteiger partial charge in [0.2, 0.25) is 0 Å². The molecule has 4 heteroatoms. The molecule has 0 fully saturated rings. The van der Waals surface area contributed by atoms with Crippen LogP contribution in [0.5, 0.6) is 0 Å². The molecule has 3 rings (SSSR count). The summed E-state index contributed by atoms with van der Waals surface area (Å²) in [5.41, 5.74) is 6.08. The van der Waals surface area contributed by atoms with Crippen molar-refractivity contribution >= 4 is 5.82 Å². The van der Waals surface area contributed by atoms with Crippen molar-refractivity contribution in [3.63, 3.8) is 0 Å². The second-order valence-electron chi connectivity index (χ2n) is 5.75. The highest BCUT2D eigenvalue weighted by atomic mass is 15.2. The molecule has 1 aliphatic carbocycles. The number of fused-ring (bicyclic) bond motifs is 1. The van der Waals surface area contributed by atoms with Crippen molar-refractivity contribution in [2.75, 3.05) is 11.9 Å². The maximum absolute atomic E-state index is 4.58. The molecule has 0 radical (unpaired) electrons. The number of aromatic nitrogens is 3. The van der Waals surface area contributed by atoms with Crippen molar-refractivity contribution < 1.29 is 0 Å². The van der Waals surface area contributed by atoms with E-state index in [4.69, 9.17) is 0 Å². The van der Waals surface area contributed by atoms with Gasteiger partial charge in [-0.2, -0.15) is 5.10 Å². The number of pyridine rings is 1. The van der Waals surface area contributed by atoms with Gasteiger partial charge in [0.1, 0.15) is 0 Å². The molecular formula is C17H22N4. The Morgan fingerprint density at radius 1 is 1.19 bits per heavy atom. The standard InChI is InChI=1S/C17H22N4/c1-4-9-19-17-12(3)11(2)15(20-21-17)14-8-7-13-6-5-10-18-16(13)14/h5-6,10,14H,4,7-9H2,1-3H3,(H,19,21). The van der Waals surface area contributed by atoms with Gasteiger partial charge in [0.15, 0.2) is 5.82 Å². The zero-order valence-electron chi connectivity index (χ0n) is 13.0. The molecule has 0 amide bonds. The molecule has 0 aromatic carbocycles. The predicted molar refractivity (Wildman–Crippen MR) is 84.7 cm³/mol. The number of aryl methyl sites for hydroxylation is 1. The number of anilines is 1. The van der Waals surface area contributed by atoms with E-state index in [0.717, 1.165) is 37.3 Å². The Morgan fingerprint density at radius 2 is 2.05 bits per heavy atom. The van der Waals surface area contributed by atoms with E-state index in [0.29, 0.717) is 5.92 Å². The van der Waals surface area contributed by atoms with E-state index in [-0.39, 0.29) is 0 Å². The van der Waals surface area contributed by atoms with Crippen LogP contribution in [0.2, 0.25) is 0 Å². The van der Waals surface area contributed by atoms with Crippen LogP contribution in [0.3, 0.4) is 0 Å². The minimum absolute atomic E-state index is 0.299. The Balaban J connectivity index is 1.96. The summed E-state index contributed by atoms with van der Waals surface area (Å²) in [5.74, 6) is 1.21. The van der Waals surface area contributed by atoms with Gasteiger partial charge in [0, 0.05) is 18.7 Å². The highest BCUT2D eigenvalue weighted by molar-refractivity contribution is 5.50. The van der Waals surface area contributed by atoms with E-state index in [9.17, 15) is 0 Å². The van der Waals surface area contributed by atoms with E-state index in [1.807, 2.05) is 12.3 Å². The summed E-state index contributed by atoms with van der Waals surface area (Å²) in [4.78, 5) is 4.58. The second kappa shape index (κ2) is 5.80. The van der Waals surface area contributed by atoms with Crippen LogP contribution in [0, 0.1) is 13.8 Å². The normalized spacial score (nSPS) is 16.8. The molecule has 1 unspecified atom stereocenters. The number of hydrogen-bond acceptors (Lipinski definition) is 4. The fourth-order valence-electron chi connectivity index (χ4n) is 3.04. The lowest BCUT2D eigenvalue weighted by molar-refractivity contribution is 0.716. The molecule has 2 heterocycles. The minimum Gasteiger partial charge on any atom is -0.368 e.